The minimum atomic E-state index is 0.346. The molecule has 0 radical (unpaired) electrons. The van der Waals surface area contributed by atoms with Gasteiger partial charge in [-0.1, -0.05) is 27.7 Å². The molecule has 2 aliphatic carbocycles. The van der Waals surface area contributed by atoms with Crippen LogP contribution in [-0.4, -0.2) is 19.0 Å². The van der Waals surface area contributed by atoms with Crippen LogP contribution in [0, 0.1) is 22.7 Å². The molecule has 0 amide bonds. The van der Waals surface area contributed by atoms with Crippen LogP contribution in [0.1, 0.15) is 53.4 Å². The lowest BCUT2D eigenvalue weighted by Crippen LogP contribution is -2.37. The second kappa shape index (κ2) is 4.38. The van der Waals surface area contributed by atoms with Crippen molar-refractivity contribution in [1.29, 1.82) is 0 Å². The van der Waals surface area contributed by atoms with Gasteiger partial charge in [0.2, 0.25) is 0 Å². The van der Waals surface area contributed by atoms with Gasteiger partial charge in [-0.25, -0.2) is 0 Å². The molecule has 0 saturated heterocycles. The summed E-state index contributed by atoms with van der Waals surface area (Å²) < 4.78 is 6.13. The van der Waals surface area contributed by atoms with Crippen molar-refractivity contribution < 1.29 is 9.53 Å². The number of fused-ring (bicyclic) bond motifs is 2. The molecule has 0 aliphatic heterocycles. The molecule has 2 fully saturated rings. The van der Waals surface area contributed by atoms with E-state index in [4.69, 9.17) is 4.74 Å². The second-order valence-electron chi connectivity index (χ2n) is 6.94. The van der Waals surface area contributed by atoms with E-state index in [1.165, 1.54) is 19.3 Å². The topological polar surface area (TPSA) is 26.3 Å². The first-order chi connectivity index (χ1) is 7.91. The van der Waals surface area contributed by atoms with Gasteiger partial charge in [-0.3, -0.25) is 0 Å². The van der Waals surface area contributed by atoms with E-state index in [1.807, 2.05) is 0 Å². The maximum Gasteiger partial charge on any atom is 0.120 e. The van der Waals surface area contributed by atoms with Gasteiger partial charge < -0.3 is 9.53 Å². The molecule has 2 saturated carbocycles. The molecule has 2 rings (SSSR count). The highest BCUT2D eigenvalue weighted by Gasteiger charge is 2.61. The van der Waals surface area contributed by atoms with Gasteiger partial charge in [0.1, 0.15) is 6.29 Å². The normalized spacial score (nSPS) is 40.5. The Balaban J connectivity index is 1.94. The maximum absolute atomic E-state index is 10.4. The van der Waals surface area contributed by atoms with E-state index < -0.39 is 0 Å². The van der Waals surface area contributed by atoms with E-state index in [0.29, 0.717) is 29.3 Å². The third-order valence-corrected chi connectivity index (χ3v) is 5.79. The van der Waals surface area contributed by atoms with Gasteiger partial charge >= 0.3 is 0 Å². The molecular weight excluding hydrogens is 212 g/mol. The third-order valence-electron chi connectivity index (χ3n) is 5.79. The molecular formula is C15H26O2. The molecule has 0 aromatic heterocycles. The fourth-order valence-electron chi connectivity index (χ4n) is 3.90. The Kier molecular flexibility index (Phi) is 3.37. The first-order valence-corrected chi connectivity index (χ1v) is 6.97. The summed E-state index contributed by atoms with van der Waals surface area (Å²) in [6.07, 6.45) is 5.92. The van der Waals surface area contributed by atoms with E-state index in [1.54, 1.807) is 0 Å². The van der Waals surface area contributed by atoms with Crippen LogP contribution in [-0.2, 0) is 9.53 Å². The van der Waals surface area contributed by atoms with Gasteiger partial charge in [0, 0.05) is 13.0 Å². The fourth-order valence-corrected chi connectivity index (χ4v) is 3.90. The third kappa shape index (κ3) is 1.95. The van der Waals surface area contributed by atoms with Crippen molar-refractivity contribution in [2.24, 2.45) is 22.7 Å². The summed E-state index contributed by atoms with van der Waals surface area (Å²) in [4.78, 5) is 10.4. The number of ether oxygens (including phenoxy) is 1. The van der Waals surface area contributed by atoms with Crippen LogP contribution in [0.15, 0.2) is 0 Å². The zero-order valence-corrected chi connectivity index (χ0v) is 11.7. The lowest BCUT2D eigenvalue weighted by Gasteiger charge is -2.39. The Bertz CT molecular complexity index is 297. The molecule has 2 heteroatoms. The van der Waals surface area contributed by atoms with Crippen LogP contribution in [0.5, 0.6) is 0 Å². The van der Waals surface area contributed by atoms with Crippen LogP contribution in [0.2, 0.25) is 0 Å². The Morgan fingerprint density at radius 3 is 2.59 bits per heavy atom. The van der Waals surface area contributed by atoms with Crippen molar-refractivity contribution in [3.63, 3.8) is 0 Å². The Hall–Kier alpha value is -0.370. The summed E-state index contributed by atoms with van der Waals surface area (Å²) in [6.45, 7) is 10.0. The Labute approximate surface area is 105 Å². The smallest absolute Gasteiger partial charge is 0.120 e. The van der Waals surface area contributed by atoms with Gasteiger partial charge in [0.05, 0.1) is 6.10 Å². The average Bonchev–Trinajstić information content (AvgIpc) is 2.59. The van der Waals surface area contributed by atoms with E-state index in [-0.39, 0.29) is 0 Å². The second-order valence-corrected chi connectivity index (χ2v) is 6.94. The highest BCUT2D eigenvalue weighted by atomic mass is 16.5. The largest absolute Gasteiger partial charge is 0.377 e. The highest BCUT2D eigenvalue weighted by Crippen LogP contribution is 2.66. The highest BCUT2D eigenvalue weighted by molar-refractivity contribution is 5.49. The summed E-state index contributed by atoms with van der Waals surface area (Å²) >= 11 is 0. The van der Waals surface area contributed by atoms with E-state index >= 15 is 0 Å². The van der Waals surface area contributed by atoms with Crippen LogP contribution in [0.4, 0.5) is 0 Å². The number of carbonyl (C=O) groups is 1. The first kappa shape index (κ1) is 13.1. The summed E-state index contributed by atoms with van der Waals surface area (Å²) in [5.41, 5.74) is 0.768. The molecule has 0 spiro atoms. The molecule has 0 aromatic rings. The van der Waals surface area contributed by atoms with Crippen LogP contribution in [0.3, 0.4) is 0 Å². The maximum atomic E-state index is 10.4. The number of carbonyl (C=O) groups excluding carboxylic acids is 1. The summed E-state index contributed by atoms with van der Waals surface area (Å²) in [7, 11) is 0. The number of hydrogen-bond acceptors (Lipinski definition) is 2. The molecule has 2 nitrogen and oxygen atoms in total. The Morgan fingerprint density at radius 1 is 1.41 bits per heavy atom. The number of hydrogen-bond donors (Lipinski definition) is 0. The minimum absolute atomic E-state index is 0.346. The first-order valence-electron chi connectivity index (χ1n) is 6.97. The monoisotopic (exact) mass is 238 g/mol. The summed E-state index contributed by atoms with van der Waals surface area (Å²) in [6, 6.07) is 0. The zero-order valence-electron chi connectivity index (χ0n) is 11.7. The summed E-state index contributed by atoms with van der Waals surface area (Å²) in [5.74, 6) is 1.19. The van der Waals surface area contributed by atoms with Crippen molar-refractivity contribution in [3.8, 4) is 0 Å². The Morgan fingerprint density at radius 2 is 2.12 bits per heavy atom. The standard InChI is InChI=1S/C15H26O2/c1-11(6-8-16)10-17-13-9-12-5-7-15(13,4)14(12,2)3/h8,11-13H,5-7,9-10H2,1-4H3. The van der Waals surface area contributed by atoms with Crippen LogP contribution in [0.25, 0.3) is 0 Å². The summed E-state index contributed by atoms with van der Waals surface area (Å²) in [5, 5.41) is 0. The van der Waals surface area contributed by atoms with Crippen LogP contribution < -0.4 is 0 Å². The van der Waals surface area contributed by atoms with Crippen molar-refractivity contribution in [3.05, 3.63) is 0 Å². The fraction of sp³-hybridized carbons (Fsp3) is 0.933. The van der Waals surface area contributed by atoms with Gasteiger partial charge in [-0.15, -0.1) is 0 Å². The van der Waals surface area contributed by atoms with Gasteiger partial charge in [0.15, 0.2) is 0 Å². The molecule has 4 atom stereocenters. The van der Waals surface area contributed by atoms with Gasteiger partial charge in [-0.2, -0.15) is 0 Å². The molecule has 2 bridgehead atoms. The van der Waals surface area contributed by atoms with E-state index in [9.17, 15) is 4.79 Å². The van der Waals surface area contributed by atoms with Crippen molar-refractivity contribution in [1.82, 2.24) is 0 Å². The van der Waals surface area contributed by atoms with Gasteiger partial charge in [-0.05, 0) is 41.9 Å². The zero-order chi connectivity index (χ0) is 12.7. The number of aldehydes is 1. The molecule has 2 aliphatic rings. The SMILES string of the molecule is CC(CC=O)COC1CC2CCC1(C)C2(C)C. The minimum Gasteiger partial charge on any atom is -0.377 e. The predicted molar refractivity (Wildman–Crippen MR) is 68.8 cm³/mol. The van der Waals surface area contributed by atoms with E-state index in [0.717, 1.165) is 18.8 Å². The quantitative estimate of drug-likeness (QED) is 0.686. The van der Waals surface area contributed by atoms with E-state index in [2.05, 4.69) is 27.7 Å². The van der Waals surface area contributed by atoms with Crippen LogP contribution >= 0.6 is 0 Å². The lowest BCUT2D eigenvalue weighted by molar-refractivity contribution is -0.109. The molecule has 4 unspecified atom stereocenters. The molecule has 0 aromatic carbocycles. The van der Waals surface area contributed by atoms with Gasteiger partial charge in [0.25, 0.3) is 0 Å². The van der Waals surface area contributed by atoms with Crippen molar-refractivity contribution in [2.45, 2.75) is 59.5 Å². The molecule has 0 heterocycles. The average molecular weight is 238 g/mol. The van der Waals surface area contributed by atoms with Crippen molar-refractivity contribution in [2.75, 3.05) is 6.61 Å². The lowest BCUT2D eigenvalue weighted by atomic mass is 9.70. The molecule has 0 N–H and O–H groups in total. The molecule has 98 valence electrons. The number of rotatable bonds is 5. The van der Waals surface area contributed by atoms with Crippen molar-refractivity contribution >= 4 is 6.29 Å². The molecule has 17 heavy (non-hydrogen) atoms. The predicted octanol–water partition coefficient (Wildman–Crippen LogP) is 3.44.